The second kappa shape index (κ2) is 2.46. The van der Waals surface area contributed by atoms with Crippen molar-refractivity contribution in [2.75, 3.05) is 5.73 Å². The number of hydrogen-bond acceptors (Lipinski definition) is 4. The van der Waals surface area contributed by atoms with E-state index in [1.807, 2.05) is 0 Å². The van der Waals surface area contributed by atoms with E-state index in [1.54, 1.807) is 0 Å². The van der Waals surface area contributed by atoms with Crippen molar-refractivity contribution in [3.63, 3.8) is 0 Å². The first-order valence-electron chi connectivity index (χ1n) is 3.78. The fourth-order valence-electron chi connectivity index (χ4n) is 1.51. The molecule has 0 saturated heterocycles. The molecule has 0 radical (unpaired) electrons. The Bertz CT molecular complexity index is 269. The lowest BCUT2D eigenvalue weighted by atomic mass is 9.94. The van der Waals surface area contributed by atoms with Crippen LogP contribution in [0.1, 0.15) is 30.1 Å². The van der Waals surface area contributed by atoms with Gasteiger partial charge in [-0.25, -0.2) is 0 Å². The number of anilines is 1. The van der Waals surface area contributed by atoms with Crippen LogP contribution in [-0.2, 0) is 6.42 Å². The van der Waals surface area contributed by atoms with Gasteiger partial charge in [0.2, 0.25) is 0 Å². The molecule has 1 atom stereocenters. The van der Waals surface area contributed by atoms with Crippen molar-refractivity contribution in [3.05, 3.63) is 11.3 Å². The second-order valence-electron chi connectivity index (χ2n) is 2.91. The van der Waals surface area contributed by atoms with Crippen molar-refractivity contribution in [2.45, 2.75) is 25.3 Å². The molecule has 1 heterocycles. The van der Waals surface area contributed by atoms with E-state index in [4.69, 9.17) is 11.5 Å². The Morgan fingerprint density at radius 3 is 3.09 bits per heavy atom. The standard InChI is InChI=1S/C7H11N3S/c8-5-3-1-2-4-6(5)10-11-7(4)9/h5H,1-3,8-9H2. The number of fused-ring (bicyclic) bond motifs is 1. The summed E-state index contributed by atoms with van der Waals surface area (Å²) in [6.07, 6.45) is 3.26. The van der Waals surface area contributed by atoms with Gasteiger partial charge in [-0.1, -0.05) is 0 Å². The van der Waals surface area contributed by atoms with E-state index in [0.29, 0.717) is 0 Å². The largest absolute Gasteiger partial charge is 0.389 e. The zero-order chi connectivity index (χ0) is 7.84. The molecule has 0 amide bonds. The van der Waals surface area contributed by atoms with Gasteiger partial charge >= 0.3 is 0 Å². The van der Waals surface area contributed by atoms with E-state index < -0.39 is 0 Å². The Morgan fingerprint density at radius 2 is 2.36 bits per heavy atom. The van der Waals surface area contributed by atoms with Gasteiger partial charge in [0.05, 0.1) is 5.69 Å². The molecule has 0 aromatic carbocycles. The first-order valence-corrected chi connectivity index (χ1v) is 4.56. The quantitative estimate of drug-likeness (QED) is 0.610. The minimum absolute atomic E-state index is 0.132. The molecule has 0 spiro atoms. The van der Waals surface area contributed by atoms with Crippen LogP contribution in [0.15, 0.2) is 0 Å². The molecule has 0 aliphatic heterocycles. The monoisotopic (exact) mass is 169 g/mol. The maximum Gasteiger partial charge on any atom is 0.110 e. The van der Waals surface area contributed by atoms with Crippen molar-refractivity contribution in [1.82, 2.24) is 4.37 Å². The summed E-state index contributed by atoms with van der Waals surface area (Å²) >= 11 is 1.37. The average Bonchev–Trinajstić information content (AvgIpc) is 2.35. The molecule has 4 N–H and O–H groups in total. The fourth-order valence-corrected chi connectivity index (χ4v) is 2.27. The zero-order valence-electron chi connectivity index (χ0n) is 6.21. The summed E-state index contributed by atoms with van der Waals surface area (Å²) in [5, 5.41) is 0.857. The molecule has 1 aliphatic rings. The van der Waals surface area contributed by atoms with Gasteiger partial charge in [-0.2, -0.15) is 4.37 Å². The summed E-state index contributed by atoms with van der Waals surface area (Å²) in [4.78, 5) is 0. The number of hydrogen-bond donors (Lipinski definition) is 2. The molecule has 3 nitrogen and oxygen atoms in total. The van der Waals surface area contributed by atoms with E-state index in [2.05, 4.69) is 4.37 Å². The van der Waals surface area contributed by atoms with Gasteiger partial charge in [0.25, 0.3) is 0 Å². The number of nitrogens with zero attached hydrogens (tertiary/aromatic N) is 1. The molecule has 0 bridgehead atoms. The highest BCUT2D eigenvalue weighted by atomic mass is 32.1. The normalized spacial score (nSPS) is 23.2. The second-order valence-corrected chi connectivity index (χ2v) is 3.71. The van der Waals surface area contributed by atoms with Crippen molar-refractivity contribution in [3.8, 4) is 0 Å². The lowest BCUT2D eigenvalue weighted by Gasteiger charge is -2.16. The molecule has 4 heteroatoms. The molecule has 11 heavy (non-hydrogen) atoms. The van der Waals surface area contributed by atoms with Crippen molar-refractivity contribution < 1.29 is 0 Å². The van der Waals surface area contributed by atoms with Gasteiger partial charge in [0.1, 0.15) is 5.00 Å². The first kappa shape index (κ1) is 7.06. The lowest BCUT2D eigenvalue weighted by Crippen LogP contribution is -2.17. The van der Waals surface area contributed by atoms with Gasteiger partial charge in [0, 0.05) is 11.6 Å². The fraction of sp³-hybridized carbons (Fsp3) is 0.571. The van der Waals surface area contributed by atoms with Crippen LogP contribution >= 0.6 is 11.5 Å². The molecule has 1 unspecified atom stereocenters. The number of nitrogen functional groups attached to an aromatic ring is 1. The first-order chi connectivity index (χ1) is 5.29. The predicted molar refractivity (Wildman–Crippen MR) is 46.4 cm³/mol. The Morgan fingerprint density at radius 1 is 1.55 bits per heavy atom. The highest BCUT2D eigenvalue weighted by molar-refractivity contribution is 7.10. The van der Waals surface area contributed by atoms with Crippen LogP contribution in [0.2, 0.25) is 0 Å². The topological polar surface area (TPSA) is 64.9 Å². The third kappa shape index (κ3) is 1.02. The van der Waals surface area contributed by atoms with Crippen LogP contribution in [0.5, 0.6) is 0 Å². The van der Waals surface area contributed by atoms with E-state index in [0.717, 1.165) is 30.0 Å². The predicted octanol–water partition coefficient (Wildman–Crippen LogP) is 1.06. The molecule has 1 aromatic rings. The maximum absolute atomic E-state index is 5.85. The van der Waals surface area contributed by atoms with Crippen LogP contribution in [0.3, 0.4) is 0 Å². The van der Waals surface area contributed by atoms with Crippen molar-refractivity contribution in [1.29, 1.82) is 0 Å². The number of aromatic nitrogens is 1. The molecule has 1 aliphatic carbocycles. The summed E-state index contributed by atoms with van der Waals surface area (Å²) in [7, 11) is 0. The van der Waals surface area contributed by atoms with E-state index in [9.17, 15) is 0 Å². The molecule has 60 valence electrons. The van der Waals surface area contributed by atoms with Gasteiger partial charge in [-0.15, -0.1) is 0 Å². The van der Waals surface area contributed by atoms with E-state index in [-0.39, 0.29) is 6.04 Å². The van der Waals surface area contributed by atoms with Crippen molar-refractivity contribution >= 4 is 16.5 Å². The maximum atomic E-state index is 5.85. The van der Waals surface area contributed by atoms with Crippen LogP contribution in [0.25, 0.3) is 0 Å². The zero-order valence-corrected chi connectivity index (χ0v) is 7.03. The third-order valence-electron chi connectivity index (χ3n) is 2.14. The Balaban J connectivity index is 2.46. The molecule has 2 rings (SSSR count). The highest BCUT2D eigenvalue weighted by Gasteiger charge is 2.21. The molecule has 0 saturated carbocycles. The summed E-state index contributed by atoms with van der Waals surface area (Å²) < 4.78 is 4.23. The Kier molecular flexibility index (Phi) is 1.58. The summed E-state index contributed by atoms with van der Waals surface area (Å²) in [6.45, 7) is 0. The van der Waals surface area contributed by atoms with Crippen LogP contribution in [0, 0.1) is 0 Å². The van der Waals surface area contributed by atoms with Gasteiger partial charge < -0.3 is 11.5 Å². The van der Waals surface area contributed by atoms with Gasteiger partial charge in [-0.3, -0.25) is 0 Å². The SMILES string of the molecule is Nc1snc2c1CCCC2N. The van der Waals surface area contributed by atoms with Gasteiger partial charge in [0.15, 0.2) is 0 Å². The van der Waals surface area contributed by atoms with Crippen LogP contribution in [0.4, 0.5) is 5.00 Å². The summed E-state index contributed by atoms with van der Waals surface area (Å²) in [6, 6.07) is 0.132. The lowest BCUT2D eigenvalue weighted by molar-refractivity contribution is 0.562. The summed E-state index contributed by atoms with van der Waals surface area (Å²) in [5.41, 5.74) is 13.8. The van der Waals surface area contributed by atoms with Gasteiger partial charge in [-0.05, 0) is 30.8 Å². The Labute approximate surface area is 69.6 Å². The third-order valence-corrected chi connectivity index (χ3v) is 2.87. The van der Waals surface area contributed by atoms with E-state index >= 15 is 0 Å². The van der Waals surface area contributed by atoms with Crippen LogP contribution in [-0.4, -0.2) is 4.37 Å². The number of rotatable bonds is 0. The molecular weight excluding hydrogens is 158 g/mol. The number of nitrogens with two attached hydrogens (primary N) is 2. The minimum atomic E-state index is 0.132. The smallest absolute Gasteiger partial charge is 0.110 e. The summed E-state index contributed by atoms with van der Waals surface area (Å²) in [5.74, 6) is 0. The van der Waals surface area contributed by atoms with Crippen LogP contribution < -0.4 is 11.5 Å². The Hall–Kier alpha value is -0.610. The van der Waals surface area contributed by atoms with E-state index in [1.165, 1.54) is 17.1 Å². The molecular formula is C7H11N3S. The van der Waals surface area contributed by atoms with Crippen molar-refractivity contribution in [2.24, 2.45) is 5.73 Å². The minimum Gasteiger partial charge on any atom is -0.389 e. The molecule has 0 fully saturated rings. The molecule has 1 aromatic heterocycles. The highest BCUT2D eigenvalue weighted by Crippen LogP contribution is 2.33. The average molecular weight is 169 g/mol.